The number of hydrogen-bond acceptors (Lipinski definition) is 4. The average Bonchev–Trinajstić information content (AvgIpc) is 3.11. The van der Waals surface area contributed by atoms with Crippen LogP contribution >= 0.6 is 0 Å². The maximum atomic E-state index is 11.8. The third-order valence-corrected chi connectivity index (χ3v) is 3.29. The summed E-state index contributed by atoms with van der Waals surface area (Å²) in [6, 6.07) is 1.81. The van der Waals surface area contributed by atoms with Crippen LogP contribution in [0.5, 0.6) is 0 Å². The molecule has 0 N–H and O–H groups in total. The number of hydrogen-bond donors (Lipinski definition) is 0. The first-order valence-electron chi connectivity index (χ1n) is 6.10. The third kappa shape index (κ3) is 1.85. The van der Waals surface area contributed by atoms with Gasteiger partial charge in [0, 0.05) is 18.1 Å². The molecule has 3 rings (SSSR count). The van der Waals surface area contributed by atoms with E-state index in [1.54, 1.807) is 6.20 Å². The van der Waals surface area contributed by atoms with E-state index in [0.29, 0.717) is 17.4 Å². The molecule has 1 fully saturated rings. The fourth-order valence-corrected chi connectivity index (χ4v) is 2.14. The number of aromatic nitrogens is 3. The first-order chi connectivity index (χ1) is 8.69. The standard InChI is InChI=1S/C13H15N3O2/c1-8-14-6-10-5-11(13(17)18-2)16(12(10)15-8)7-9-3-4-9/h5-6,9H,3-4,7H2,1-2H3. The summed E-state index contributed by atoms with van der Waals surface area (Å²) in [4.78, 5) is 20.4. The number of aryl methyl sites for hydroxylation is 1. The largest absolute Gasteiger partial charge is 0.464 e. The van der Waals surface area contributed by atoms with E-state index in [9.17, 15) is 4.79 Å². The van der Waals surface area contributed by atoms with Gasteiger partial charge in [0.1, 0.15) is 17.2 Å². The molecular weight excluding hydrogens is 230 g/mol. The highest BCUT2D eigenvalue weighted by Crippen LogP contribution is 2.32. The molecule has 5 heteroatoms. The second kappa shape index (κ2) is 4.08. The van der Waals surface area contributed by atoms with Gasteiger partial charge in [0.2, 0.25) is 0 Å². The van der Waals surface area contributed by atoms with E-state index in [2.05, 4.69) is 9.97 Å². The molecule has 0 unspecified atom stereocenters. The van der Waals surface area contributed by atoms with Gasteiger partial charge in [0.25, 0.3) is 0 Å². The van der Waals surface area contributed by atoms with Gasteiger partial charge in [-0.05, 0) is 31.7 Å². The number of carbonyl (C=O) groups excluding carboxylic acids is 1. The Morgan fingerprint density at radius 1 is 1.56 bits per heavy atom. The van der Waals surface area contributed by atoms with Crippen LogP contribution in [0.25, 0.3) is 11.0 Å². The predicted octanol–water partition coefficient (Wildman–Crippen LogP) is 1.94. The highest BCUT2D eigenvalue weighted by atomic mass is 16.5. The lowest BCUT2D eigenvalue weighted by atomic mass is 10.3. The Hall–Kier alpha value is -1.91. The van der Waals surface area contributed by atoms with Crippen molar-refractivity contribution in [2.45, 2.75) is 26.3 Å². The van der Waals surface area contributed by atoms with Crippen molar-refractivity contribution in [2.24, 2.45) is 5.92 Å². The van der Waals surface area contributed by atoms with Crippen LogP contribution in [0.1, 0.15) is 29.2 Å². The number of ether oxygens (including phenoxy) is 1. The molecule has 2 aromatic rings. The average molecular weight is 245 g/mol. The van der Waals surface area contributed by atoms with Crippen molar-refractivity contribution in [3.8, 4) is 0 Å². The van der Waals surface area contributed by atoms with Crippen molar-refractivity contribution in [1.82, 2.24) is 14.5 Å². The summed E-state index contributed by atoms with van der Waals surface area (Å²) in [7, 11) is 1.40. The molecule has 0 spiro atoms. The van der Waals surface area contributed by atoms with Gasteiger partial charge in [0.05, 0.1) is 7.11 Å². The van der Waals surface area contributed by atoms with Crippen LogP contribution in [0.3, 0.4) is 0 Å². The van der Waals surface area contributed by atoms with Gasteiger partial charge in [-0.15, -0.1) is 0 Å². The molecule has 94 valence electrons. The van der Waals surface area contributed by atoms with E-state index in [-0.39, 0.29) is 5.97 Å². The maximum Gasteiger partial charge on any atom is 0.354 e. The minimum atomic E-state index is -0.314. The van der Waals surface area contributed by atoms with Crippen molar-refractivity contribution < 1.29 is 9.53 Å². The minimum Gasteiger partial charge on any atom is -0.464 e. The van der Waals surface area contributed by atoms with E-state index in [0.717, 1.165) is 17.6 Å². The van der Waals surface area contributed by atoms with Crippen molar-refractivity contribution in [3.63, 3.8) is 0 Å². The summed E-state index contributed by atoms with van der Waals surface area (Å²) < 4.78 is 6.80. The normalized spacial score (nSPS) is 15.0. The van der Waals surface area contributed by atoms with Gasteiger partial charge in [-0.2, -0.15) is 0 Å². The Morgan fingerprint density at radius 2 is 2.33 bits per heavy atom. The van der Waals surface area contributed by atoms with Crippen LogP contribution in [-0.2, 0) is 11.3 Å². The second-order valence-corrected chi connectivity index (χ2v) is 4.77. The molecule has 0 atom stereocenters. The SMILES string of the molecule is COC(=O)c1cc2cnc(C)nc2n1CC1CC1. The molecule has 0 aromatic carbocycles. The fraction of sp³-hybridized carbons (Fsp3) is 0.462. The molecule has 0 amide bonds. The summed E-state index contributed by atoms with van der Waals surface area (Å²) in [6.07, 6.45) is 4.21. The number of carbonyl (C=O) groups is 1. The molecule has 1 aliphatic carbocycles. The van der Waals surface area contributed by atoms with Crippen LogP contribution in [-0.4, -0.2) is 27.6 Å². The summed E-state index contributed by atoms with van der Waals surface area (Å²) in [5.74, 6) is 1.07. The van der Waals surface area contributed by atoms with Gasteiger partial charge in [-0.1, -0.05) is 0 Å². The van der Waals surface area contributed by atoms with Crippen molar-refractivity contribution in [3.05, 3.63) is 23.8 Å². The predicted molar refractivity (Wildman–Crippen MR) is 66.3 cm³/mol. The van der Waals surface area contributed by atoms with Gasteiger partial charge < -0.3 is 9.30 Å². The first-order valence-corrected chi connectivity index (χ1v) is 6.10. The number of methoxy groups -OCH3 is 1. The molecule has 18 heavy (non-hydrogen) atoms. The number of fused-ring (bicyclic) bond motifs is 1. The van der Waals surface area contributed by atoms with Gasteiger partial charge >= 0.3 is 5.97 Å². The highest BCUT2D eigenvalue weighted by molar-refractivity contribution is 5.94. The van der Waals surface area contributed by atoms with Crippen LogP contribution in [0.2, 0.25) is 0 Å². The van der Waals surface area contributed by atoms with Gasteiger partial charge in [0.15, 0.2) is 0 Å². The van der Waals surface area contributed by atoms with Crippen LogP contribution < -0.4 is 0 Å². The molecule has 0 aliphatic heterocycles. The Balaban J connectivity index is 2.16. The lowest BCUT2D eigenvalue weighted by molar-refractivity contribution is 0.0588. The minimum absolute atomic E-state index is 0.314. The molecule has 2 heterocycles. The monoisotopic (exact) mass is 245 g/mol. The van der Waals surface area contributed by atoms with E-state index >= 15 is 0 Å². The topological polar surface area (TPSA) is 57.0 Å². The van der Waals surface area contributed by atoms with E-state index < -0.39 is 0 Å². The lowest BCUT2D eigenvalue weighted by Gasteiger charge is -2.07. The van der Waals surface area contributed by atoms with Gasteiger partial charge in [-0.3, -0.25) is 0 Å². The van der Waals surface area contributed by atoms with Gasteiger partial charge in [-0.25, -0.2) is 14.8 Å². The number of esters is 1. The third-order valence-electron chi connectivity index (χ3n) is 3.29. The molecule has 1 saturated carbocycles. The maximum absolute atomic E-state index is 11.8. The van der Waals surface area contributed by atoms with E-state index in [4.69, 9.17) is 4.74 Å². The lowest BCUT2D eigenvalue weighted by Crippen LogP contribution is -2.12. The Morgan fingerprint density at radius 3 is 3.00 bits per heavy atom. The van der Waals surface area contributed by atoms with E-state index in [1.165, 1.54) is 20.0 Å². The number of nitrogens with zero attached hydrogens (tertiary/aromatic N) is 3. The smallest absolute Gasteiger partial charge is 0.354 e. The molecule has 0 bridgehead atoms. The van der Waals surface area contributed by atoms with Crippen molar-refractivity contribution in [1.29, 1.82) is 0 Å². The fourth-order valence-electron chi connectivity index (χ4n) is 2.14. The number of rotatable bonds is 3. The summed E-state index contributed by atoms with van der Waals surface area (Å²) in [6.45, 7) is 2.69. The highest BCUT2D eigenvalue weighted by Gasteiger charge is 2.26. The quantitative estimate of drug-likeness (QED) is 0.775. The Kier molecular flexibility index (Phi) is 2.54. The second-order valence-electron chi connectivity index (χ2n) is 4.77. The molecule has 0 saturated heterocycles. The molecular formula is C13H15N3O2. The van der Waals surface area contributed by atoms with E-state index in [1.807, 2.05) is 17.6 Å². The summed E-state index contributed by atoms with van der Waals surface area (Å²) >= 11 is 0. The molecule has 5 nitrogen and oxygen atoms in total. The molecule has 2 aromatic heterocycles. The van der Waals surface area contributed by atoms with Crippen molar-refractivity contribution in [2.75, 3.05) is 7.11 Å². The molecule has 1 aliphatic rings. The van der Waals surface area contributed by atoms with Crippen molar-refractivity contribution >= 4 is 17.0 Å². The molecule has 0 radical (unpaired) electrons. The Labute approximate surface area is 105 Å². The summed E-state index contributed by atoms with van der Waals surface area (Å²) in [5.41, 5.74) is 1.40. The Bertz CT molecular complexity index is 614. The van der Waals surface area contributed by atoms with Crippen LogP contribution in [0.4, 0.5) is 0 Å². The first kappa shape index (κ1) is 11.2. The zero-order chi connectivity index (χ0) is 12.7. The summed E-state index contributed by atoms with van der Waals surface area (Å²) in [5, 5.41) is 0.890. The van der Waals surface area contributed by atoms with Crippen LogP contribution in [0.15, 0.2) is 12.3 Å². The zero-order valence-corrected chi connectivity index (χ0v) is 10.5. The van der Waals surface area contributed by atoms with Crippen LogP contribution in [0, 0.1) is 12.8 Å². The zero-order valence-electron chi connectivity index (χ0n) is 10.5.